The van der Waals surface area contributed by atoms with Crippen LogP contribution in [0, 0.1) is 51.8 Å². The van der Waals surface area contributed by atoms with Crippen molar-refractivity contribution in [3.05, 3.63) is 30.3 Å². The Morgan fingerprint density at radius 1 is 0.818 bits per heavy atom. The number of benzene rings is 1. The monoisotopic (exact) mass is 628 g/mol. The van der Waals surface area contributed by atoms with Crippen LogP contribution in [-0.4, -0.2) is 46.3 Å². The Labute approximate surface area is 267 Å². The van der Waals surface area contributed by atoms with Gasteiger partial charge in [0.05, 0.1) is 27.5 Å². The van der Waals surface area contributed by atoms with Crippen LogP contribution in [0.4, 0.5) is 0 Å². The van der Waals surface area contributed by atoms with Gasteiger partial charge in [-0.05, 0) is 154 Å². The average Bonchev–Trinajstić information content (AvgIpc) is 3.30. The summed E-state index contributed by atoms with van der Waals surface area (Å²) in [5.41, 5.74) is -1.48. The van der Waals surface area contributed by atoms with Gasteiger partial charge < -0.3 is 15.3 Å². The predicted octanol–water partition coefficient (Wildman–Crippen LogP) is 7.57. The first kappa shape index (κ1) is 33.0. The maximum atomic E-state index is 14.5. The van der Waals surface area contributed by atoms with Gasteiger partial charge in [0.1, 0.15) is 0 Å². The molecular weight excluding hydrogens is 568 g/mol. The van der Waals surface area contributed by atoms with E-state index in [9.17, 15) is 23.7 Å². The quantitative estimate of drug-likeness (QED) is 0.302. The number of rotatable bonds is 6. The van der Waals surface area contributed by atoms with E-state index in [4.69, 9.17) is 0 Å². The number of hydrogen-bond acceptors (Lipinski definition) is 5. The van der Waals surface area contributed by atoms with Crippen LogP contribution in [0.3, 0.4) is 0 Å². The second-order valence-electron chi connectivity index (χ2n) is 18.1. The van der Waals surface area contributed by atoms with E-state index in [-0.39, 0.29) is 40.4 Å². The molecule has 6 rings (SSSR count). The molecule has 6 heteroatoms. The van der Waals surface area contributed by atoms with E-state index in [0.29, 0.717) is 35.5 Å². The van der Waals surface area contributed by atoms with E-state index in [1.54, 1.807) is 24.3 Å². The van der Waals surface area contributed by atoms with E-state index >= 15 is 0 Å². The molecule has 11 atom stereocenters. The lowest BCUT2D eigenvalue weighted by Gasteiger charge is -2.63. The van der Waals surface area contributed by atoms with Crippen LogP contribution in [0.5, 0.6) is 0 Å². The Morgan fingerprint density at radius 3 is 2.14 bits per heavy atom. The van der Waals surface area contributed by atoms with Gasteiger partial charge in [0.15, 0.2) is 9.84 Å². The summed E-state index contributed by atoms with van der Waals surface area (Å²) in [4.78, 5) is 0.361. The highest BCUT2D eigenvalue weighted by molar-refractivity contribution is 7.92. The summed E-state index contributed by atoms with van der Waals surface area (Å²) in [5.74, 6) is 1.66. The van der Waals surface area contributed by atoms with Crippen molar-refractivity contribution in [1.29, 1.82) is 0 Å². The molecule has 0 heterocycles. The molecule has 0 saturated heterocycles. The summed E-state index contributed by atoms with van der Waals surface area (Å²) < 4.78 is 29.0. The molecule has 1 aromatic carbocycles. The van der Waals surface area contributed by atoms with E-state index in [2.05, 4.69) is 34.6 Å². The van der Waals surface area contributed by atoms with Crippen LogP contribution in [0.2, 0.25) is 0 Å². The van der Waals surface area contributed by atoms with Gasteiger partial charge in [-0.1, -0.05) is 52.8 Å². The zero-order chi connectivity index (χ0) is 31.9. The van der Waals surface area contributed by atoms with Crippen molar-refractivity contribution in [3.8, 4) is 0 Å². The summed E-state index contributed by atoms with van der Waals surface area (Å²) in [6.45, 7) is 13.4. The smallest absolute Gasteiger partial charge is 0.181 e. The van der Waals surface area contributed by atoms with Crippen LogP contribution in [0.15, 0.2) is 35.2 Å². The fourth-order valence-corrected chi connectivity index (χ4v) is 14.2. The third-order valence-electron chi connectivity index (χ3n) is 14.8. The van der Waals surface area contributed by atoms with Crippen LogP contribution in [0.1, 0.15) is 125 Å². The molecule has 0 bridgehead atoms. The largest absolute Gasteiger partial charge is 0.393 e. The van der Waals surface area contributed by atoms with Crippen molar-refractivity contribution in [2.45, 2.75) is 152 Å². The van der Waals surface area contributed by atoms with Gasteiger partial charge in [-0.3, -0.25) is 0 Å². The van der Waals surface area contributed by atoms with Crippen LogP contribution >= 0.6 is 0 Å². The molecule has 0 amide bonds. The third-order valence-corrected chi connectivity index (χ3v) is 17.1. The highest BCUT2D eigenvalue weighted by atomic mass is 32.2. The first-order valence-electron chi connectivity index (χ1n) is 17.8. The van der Waals surface area contributed by atoms with Crippen molar-refractivity contribution >= 4 is 9.84 Å². The zero-order valence-electron chi connectivity index (χ0n) is 28.3. The van der Waals surface area contributed by atoms with Crippen LogP contribution < -0.4 is 0 Å². The molecule has 5 nitrogen and oxygen atoms in total. The van der Waals surface area contributed by atoms with Gasteiger partial charge in [0, 0.05) is 0 Å². The van der Waals surface area contributed by atoms with Crippen LogP contribution in [0.25, 0.3) is 0 Å². The molecule has 0 radical (unpaired) electrons. The van der Waals surface area contributed by atoms with E-state index < -0.39 is 32.4 Å². The standard InChI is InChI=1S/C38H60O5S/c1-25(32(44(42,43)27-10-8-7-9-11-27)24-38(41)20-16-34(2,3)17-21-38)29-14-15-30-28-13-12-26-22-35(4,40)18-19-36(26,5)33(28)31(39)23-37(29,30)6/h7-11,25-26,28-33,39-41H,12-24H2,1-6H3/t25-,26+,28-,29+,30-,31?,32?,33+,35-,36-,37+/m0/s1. The summed E-state index contributed by atoms with van der Waals surface area (Å²) >= 11 is 0. The van der Waals surface area contributed by atoms with Crippen molar-refractivity contribution in [2.75, 3.05) is 0 Å². The Kier molecular flexibility index (Phi) is 8.29. The maximum Gasteiger partial charge on any atom is 0.181 e. The molecule has 5 aliphatic rings. The topological polar surface area (TPSA) is 94.8 Å². The van der Waals surface area contributed by atoms with Gasteiger partial charge in [-0.2, -0.15) is 0 Å². The number of sulfone groups is 1. The predicted molar refractivity (Wildman–Crippen MR) is 176 cm³/mol. The van der Waals surface area contributed by atoms with Gasteiger partial charge >= 0.3 is 0 Å². The lowest BCUT2D eigenvalue weighted by atomic mass is 9.43. The minimum atomic E-state index is -3.69. The number of aliphatic hydroxyl groups excluding tert-OH is 1. The number of hydrogen-bond donors (Lipinski definition) is 3. The normalized spacial score (nSPS) is 44.6. The Morgan fingerprint density at radius 2 is 1.48 bits per heavy atom. The molecule has 3 N–H and O–H groups in total. The second-order valence-corrected chi connectivity index (χ2v) is 20.3. The first-order valence-corrected chi connectivity index (χ1v) is 19.4. The van der Waals surface area contributed by atoms with Crippen molar-refractivity contribution in [2.24, 2.45) is 51.8 Å². The fourth-order valence-electron chi connectivity index (χ4n) is 12.1. The van der Waals surface area contributed by atoms with Gasteiger partial charge in [0.2, 0.25) is 0 Å². The van der Waals surface area contributed by atoms with Crippen LogP contribution in [-0.2, 0) is 9.84 Å². The molecule has 0 spiro atoms. The number of fused-ring (bicyclic) bond motifs is 5. The molecule has 44 heavy (non-hydrogen) atoms. The Hall–Kier alpha value is -0.950. The molecular formula is C38H60O5S. The molecule has 248 valence electrons. The lowest BCUT2D eigenvalue weighted by molar-refractivity contribution is -0.190. The molecule has 0 aliphatic heterocycles. The first-order chi connectivity index (χ1) is 20.4. The second kappa shape index (κ2) is 11.1. The summed E-state index contributed by atoms with van der Waals surface area (Å²) in [7, 11) is -3.69. The van der Waals surface area contributed by atoms with E-state index in [1.165, 1.54) is 0 Å². The van der Waals surface area contributed by atoms with Crippen molar-refractivity contribution < 1.29 is 23.7 Å². The highest BCUT2D eigenvalue weighted by Gasteiger charge is 2.65. The third kappa shape index (κ3) is 5.54. The summed E-state index contributed by atoms with van der Waals surface area (Å²) in [6, 6.07) is 8.91. The Balaban J connectivity index is 1.30. The van der Waals surface area contributed by atoms with Gasteiger partial charge in [-0.15, -0.1) is 0 Å². The molecule has 2 unspecified atom stereocenters. The highest BCUT2D eigenvalue weighted by Crippen LogP contribution is 2.69. The molecule has 0 aromatic heterocycles. The van der Waals surface area contributed by atoms with Crippen molar-refractivity contribution in [1.82, 2.24) is 0 Å². The average molecular weight is 629 g/mol. The SMILES string of the molecule is C[C@H](C(CC1(O)CCC(C)(C)CC1)S(=O)(=O)c1ccccc1)[C@H]1CC[C@H]2[C@@H]3CC[C@@H]4C[C@@](C)(O)CC[C@]4(C)[C@H]3C(O)C[C@]12C. The maximum absolute atomic E-state index is 14.5. The minimum Gasteiger partial charge on any atom is -0.393 e. The molecule has 5 saturated carbocycles. The van der Waals surface area contributed by atoms with E-state index in [0.717, 1.165) is 64.2 Å². The molecule has 5 aliphatic carbocycles. The summed E-state index contributed by atoms with van der Waals surface area (Å²) in [6.07, 6.45) is 10.6. The Bertz CT molecular complexity index is 1300. The zero-order valence-corrected chi connectivity index (χ0v) is 29.1. The fraction of sp³-hybridized carbons (Fsp3) is 0.842. The van der Waals surface area contributed by atoms with E-state index in [1.807, 2.05) is 13.0 Å². The minimum absolute atomic E-state index is 0.0484. The lowest BCUT2D eigenvalue weighted by Crippen LogP contribution is -2.60. The van der Waals surface area contributed by atoms with Crippen molar-refractivity contribution in [3.63, 3.8) is 0 Å². The molecule has 5 fully saturated rings. The van der Waals surface area contributed by atoms with Gasteiger partial charge in [-0.25, -0.2) is 8.42 Å². The van der Waals surface area contributed by atoms with Gasteiger partial charge in [0.25, 0.3) is 0 Å². The molecule has 1 aromatic rings. The number of aliphatic hydroxyl groups is 3. The summed E-state index contributed by atoms with van der Waals surface area (Å²) in [5, 5.41) is 34.2.